The summed E-state index contributed by atoms with van der Waals surface area (Å²) < 4.78 is 20.6. The molecule has 1 aliphatic heterocycles. The van der Waals surface area contributed by atoms with Gasteiger partial charge in [0.25, 0.3) is 0 Å². The van der Waals surface area contributed by atoms with Crippen LogP contribution in [0, 0.1) is 5.82 Å². The minimum atomic E-state index is -0.287. The first-order chi connectivity index (χ1) is 11.2. The summed E-state index contributed by atoms with van der Waals surface area (Å²) in [7, 11) is 0. The van der Waals surface area contributed by atoms with Crippen LogP contribution < -0.4 is 5.32 Å². The fraction of sp³-hybridized carbons (Fsp3) is 0.412. The molecule has 2 unspecified atom stereocenters. The van der Waals surface area contributed by atoms with Crippen LogP contribution in [0.15, 0.2) is 42.7 Å². The highest BCUT2D eigenvalue weighted by Crippen LogP contribution is 2.27. The second kappa shape index (κ2) is 7.37. The van der Waals surface area contributed by atoms with Gasteiger partial charge in [-0.05, 0) is 36.6 Å². The van der Waals surface area contributed by atoms with E-state index in [0.29, 0.717) is 19.6 Å². The van der Waals surface area contributed by atoms with Gasteiger partial charge in [0, 0.05) is 32.0 Å². The molecule has 0 saturated carbocycles. The molecule has 2 aromatic rings. The molecule has 5 nitrogen and oxygen atoms in total. The number of aryl methyl sites for hydroxylation is 1. The van der Waals surface area contributed by atoms with Crippen molar-refractivity contribution in [3.8, 4) is 0 Å². The number of benzene rings is 1. The van der Waals surface area contributed by atoms with Crippen LogP contribution in [0.25, 0.3) is 0 Å². The van der Waals surface area contributed by atoms with E-state index in [2.05, 4.69) is 10.4 Å². The van der Waals surface area contributed by atoms with Gasteiger partial charge in [0.15, 0.2) is 0 Å². The van der Waals surface area contributed by atoms with Crippen LogP contribution in [-0.4, -0.2) is 28.4 Å². The van der Waals surface area contributed by atoms with Gasteiger partial charge in [-0.25, -0.2) is 4.39 Å². The SMILES string of the molecule is O=C(CCn1cccn1)NC(c1ccc(F)cc1)C1CCCO1. The summed E-state index contributed by atoms with van der Waals surface area (Å²) in [4.78, 5) is 12.3. The maximum Gasteiger partial charge on any atom is 0.222 e. The Labute approximate surface area is 134 Å². The van der Waals surface area contributed by atoms with E-state index < -0.39 is 0 Å². The first-order valence-corrected chi connectivity index (χ1v) is 7.86. The van der Waals surface area contributed by atoms with Gasteiger partial charge in [-0.15, -0.1) is 0 Å². The van der Waals surface area contributed by atoms with E-state index in [1.807, 2.05) is 12.3 Å². The van der Waals surface area contributed by atoms with E-state index in [4.69, 9.17) is 4.74 Å². The van der Waals surface area contributed by atoms with Crippen LogP contribution in [0.2, 0.25) is 0 Å². The summed E-state index contributed by atoms with van der Waals surface area (Å²) in [5.74, 6) is -0.352. The minimum absolute atomic E-state index is 0.0610. The zero-order valence-electron chi connectivity index (χ0n) is 12.8. The molecule has 1 aliphatic rings. The molecule has 0 spiro atoms. The Bertz CT molecular complexity index is 622. The zero-order valence-corrected chi connectivity index (χ0v) is 12.8. The number of aromatic nitrogens is 2. The summed E-state index contributed by atoms with van der Waals surface area (Å²) in [6, 6.07) is 7.81. The molecule has 2 heterocycles. The molecule has 1 aromatic carbocycles. The number of carbonyl (C=O) groups is 1. The van der Waals surface area contributed by atoms with Crippen molar-refractivity contribution in [2.45, 2.75) is 38.0 Å². The highest BCUT2D eigenvalue weighted by molar-refractivity contribution is 5.76. The third-order valence-corrected chi connectivity index (χ3v) is 4.01. The predicted octanol–water partition coefficient (Wildman–Crippen LogP) is 2.45. The molecule has 1 amide bonds. The van der Waals surface area contributed by atoms with Crippen molar-refractivity contribution in [2.75, 3.05) is 6.61 Å². The molecule has 122 valence electrons. The molecule has 2 atom stereocenters. The molecule has 23 heavy (non-hydrogen) atoms. The molecule has 1 N–H and O–H groups in total. The molecule has 1 aromatic heterocycles. The second-order valence-corrected chi connectivity index (χ2v) is 5.67. The van der Waals surface area contributed by atoms with Crippen LogP contribution in [0.1, 0.15) is 30.9 Å². The normalized spacial score (nSPS) is 18.7. The number of carbonyl (C=O) groups excluding carboxylic acids is 1. The number of ether oxygens (including phenoxy) is 1. The van der Waals surface area contributed by atoms with Gasteiger partial charge >= 0.3 is 0 Å². The lowest BCUT2D eigenvalue weighted by molar-refractivity contribution is -0.123. The van der Waals surface area contributed by atoms with E-state index in [1.54, 1.807) is 23.0 Å². The van der Waals surface area contributed by atoms with E-state index in [0.717, 1.165) is 18.4 Å². The number of hydrogen-bond acceptors (Lipinski definition) is 3. The number of amides is 1. The van der Waals surface area contributed by atoms with Crippen molar-refractivity contribution in [3.63, 3.8) is 0 Å². The molecule has 0 radical (unpaired) electrons. The van der Waals surface area contributed by atoms with Gasteiger partial charge in [0.1, 0.15) is 5.82 Å². The standard InChI is InChI=1S/C17H20FN3O2/c18-14-6-4-13(5-7-14)17(15-3-1-12-23-15)20-16(22)8-11-21-10-2-9-19-21/h2,4-7,9-10,15,17H,1,3,8,11-12H2,(H,20,22). The Morgan fingerprint density at radius 1 is 1.43 bits per heavy atom. The molecule has 0 aliphatic carbocycles. The van der Waals surface area contributed by atoms with Crippen molar-refractivity contribution in [2.24, 2.45) is 0 Å². The number of nitrogens with one attached hydrogen (secondary N) is 1. The highest BCUT2D eigenvalue weighted by atomic mass is 19.1. The topological polar surface area (TPSA) is 56.2 Å². The van der Waals surface area contributed by atoms with Gasteiger partial charge in [-0.1, -0.05) is 12.1 Å². The van der Waals surface area contributed by atoms with Crippen LogP contribution in [0.3, 0.4) is 0 Å². The highest BCUT2D eigenvalue weighted by Gasteiger charge is 2.28. The lowest BCUT2D eigenvalue weighted by atomic mass is 9.99. The monoisotopic (exact) mass is 317 g/mol. The van der Waals surface area contributed by atoms with Crippen molar-refractivity contribution >= 4 is 5.91 Å². The van der Waals surface area contributed by atoms with Gasteiger partial charge in [0.2, 0.25) is 5.91 Å². The van der Waals surface area contributed by atoms with Crippen LogP contribution in [-0.2, 0) is 16.1 Å². The van der Waals surface area contributed by atoms with E-state index in [-0.39, 0.29) is 23.9 Å². The fourth-order valence-electron chi connectivity index (χ4n) is 2.82. The molecule has 1 saturated heterocycles. The van der Waals surface area contributed by atoms with Crippen LogP contribution in [0.4, 0.5) is 4.39 Å². The van der Waals surface area contributed by atoms with E-state index in [9.17, 15) is 9.18 Å². The van der Waals surface area contributed by atoms with Crippen LogP contribution >= 0.6 is 0 Å². The molecule has 6 heteroatoms. The average molecular weight is 317 g/mol. The number of halogens is 1. The van der Waals surface area contributed by atoms with Crippen molar-refractivity contribution in [1.82, 2.24) is 15.1 Å². The predicted molar refractivity (Wildman–Crippen MR) is 83.1 cm³/mol. The smallest absolute Gasteiger partial charge is 0.222 e. The van der Waals surface area contributed by atoms with Crippen LogP contribution in [0.5, 0.6) is 0 Å². The van der Waals surface area contributed by atoms with Crippen molar-refractivity contribution in [3.05, 3.63) is 54.1 Å². The summed E-state index contributed by atoms with van der Waals surface area (Å²) in [6.45, 7) is 1.23. The molecular formula is C17H20FN3O2. The third kappa shape index (κ3) is 4.16. The van der Waals surface area contributed by atoms with Crippen molar-refractivity contribution in [1.29, 1.82) is 0 Å². The third-order valence-electron chi connectivity index (χ3n) is 4.01. The number of rotatable bonds is 6. The largest absolute Gasteiger partial charge is 0.376 e. The summed E-state index contributed by atoms with van der Waals surface area (Å²) in [5, 5.41) is 7.11. The summed E-state index contributed by atoms with van der Waals surface area (Å²) in [6.07, 6.45) is 5.66. The first-order valence-electron chi connectivity index (χ1n) is 7.86. The van der Waals surface area contributed by atoms with Gasteiger partial charge in [-0.2, -0.15) is 5.10 Å². The summed E-state index contributed by atoms with van der Waals surface area (Å²) in [5.41, 5.74) is 0.866. The maximum absolute atomic E-state index is 13.1. The fourth-order valence-corrected chi connectivity index (χ4v) is 2.82. The quantitative estimate of drug-likeness (QED) is 0.890. The molecule has 0 bridgehead atoms. The first kappa shape index (κ1) is 15.7. The van der Waals surface area contributed by atoms with Gasteiger partial charge in [-0.3, -0.25) is 9.48 Å². The number of nitrogens with zero attached hydrogens (tertiary/aromatic N) is 2. The van der Waals surface area contributed by atoms with Gasteiger partial charge < -0.3 is 10.1 Å². The molecular weight excluding hydrogens is 297 g/mol. The molecule has 1 fully saturated rings. The average Bonchev–Trinajstić information content (AvgIpc) is 3.25. The van der Waals surface area contributed by atoms with E-state index >= 15 is 0 Å². The zero-order chi connectivity index (χ0) is 16.1. The van der Waals surface area contributed by atoms with Crippen molar-refractivity contribution < 1.29 is 13.9 Å². The Balaban J connectivity index is 1.65. The minimum Gasteiger partial charge on any atom is -0.376 e. The Hall–Kier alpha value is -2.21. The second-order valence-electron chi connectivity index (χ2n) is 5.67. The lowest BCUT2D eigenvalue weighted by Gasteiger charge is -2.25. The number of hydrogen-bond donors (Lipinski definition) is 1. The molecule has 3 rings (SSSR count). The van der Waals surface area contributed by atoms with Gasteiger partial charge in [0.05, 0.1) is 12.1 Å². The Kier molecular flexibility index (Phi) is 5.02. The lowest BCUT2D eigenvalue weighted by Crippen LogP contribution is -2.36. The Morgan fingerprint density at radius 2 is 2.26 bits per heavy atom. The Morgan fingerprint density at radius 3 is 2.91 bits per heavy atom. The summed E-state index contributed by atoms with van der Waals surface area (Å²) >= 11 is 0. The maximum atomic E-state index is 13.1. The van der Waals surface area contributed by atoms with E-state index in [1.165, 1.54) is 12.1 Å².